The Hall–Kier alpha value is -1.99. The molecule has 0 aliphatic carbocycles. The molecule has 2 rings (SSSR count). The molecule has 0 aliphatic heterocycles. The van der Waals surface area contributed by atoms with Crippen LogP contribution in [-0.2, 0) is 16.4 Å². The number of ether oxygens (including phenoxy) is 1. The first-order valence-corrected chi connectivity index (χ1v) is 10.2. The molecular weight excluding hydrogens is 355 g/mol. The number of aromatic nitrogens is 1. The van der Waals surface area contributed by atoms with Crippen LogP contribution in [0.25, 0.3) is 0 Å². The normalized spacial score (nSPS) is 13.5. The molecule has 0 aliphatic rings. The molecule has 26 heavy (non-hydrogen) atoms. The average molecular weight is 380 g/mol. The van der Waals surface area contributed by atoms with E-state index in [1.54, 1.807) is 12.3 Å². The Kier molecular flexibility index (Phi) is 6.03. The SMILES string of the molecule is CC(NCc1ccc(OC(C)(C)C)nc1)c1ccc(S(C)(=O)=O)c(F)c1. The van der Waals surface area contributed by atoms with Crippen molar-refractivity contribution in [3.05, 3.63) is 53.5 Å². The lowest BCUT2D eigenvalue weighted by molar-refractivity contribution is 0.124. The molecule has 5 nitrogen and oxygen atoms in total. The first kappa shape index (κ1) is 20.3. The van der Waals surface area contributed by atoms with Crippen LogP contribution in [-0.4, -0.2) is 25.3 Å². The van der Waals surface area contributed by atoms with Gasteiger partial charge < -0.3 is 10.1 Å². The second-order valence-electron chi connectivity index (χ2n) is 7.28. The van der Waals surface area contributed by atoms with E-state index in [4.69, 9.17) is 4.74 Å². The van der Waals surface area contributed by atoms with Gasteiger partial charge in [0, 0.05) is 31.1 Å². The Labute approximate surface area is 154 Å². The molecule has 0 radical (unpaired) electrons. The standard InChI is InChI=1S/C19H25FN2O3S/c1-13(15-7-8-17(16(20)10-15)26(5,23)24)21-11-14-6-9-18(22-12-14)25-19(2,3)4/h6-10,12-13,21H,11H2,1-5H3. The number of nitrogens with one attached hydrogen (secondary N) is 1. The lowest BCUT2D eigenvalue weighted by Crippen LogP contribution is -2.23. The second-order valence-corrected chi connectivity index (χ2v) is 9.27. The van der Waals surface area contributed by atoms with Crippen LogP contribution in [0.5, 0.6) is 5.88 Å². The van der Waals surface area contributed by atoms with Gasteiger partial charge in [-0.15, -0.1) is 0 Å². The van der Waals surface area contributed by atoms with Crippen molar-refractivity contribution >= 4 is 9.84 Å². The summed E-state index contributed by atoms with van der Waals surface area (Å²) >= 11 is 0. The van der Waals surface area contributed by atoms with Gasteiger partial charge in [-0.1, -0.05) is 12.1 Å². The minimum Gasteiger partial charge on any atom is -0.472 e. The molecule has 2 aromatic rings. The third kappa shape index (κ3) is 5.78. The summed E-state index contributed by atoms with van der Waals surface area (Å²) in [6.07, 6.45) is 2.72. The van der Waals surface area contributed by atoms with Gasteiger partial charge in [-0.2, -0.15) is 0 Å². The molecule has 1 heterocycles. The van der Waals surface area contributed by atoms with Crippen molar-refractivity contribution in [3.8, 4) is 5.88 Å². The van der Waals surface area contributed by atoms with Crippen LogP contribution in [0.3, 0.4) is 0 Å². The predicted octanol–water partition coefficient (Wildman–Crippen LogP) is 3.65. The molecule has 0 amide bonds. The van der Waals surface area contributed by atoms with E-state index in [0.29, 0.717) is 18.0 Å². The summed E-state index contributed by atoms with van der Waals surface area (Å²) in [5, 5.41) is 3.27. The second kappa shape index (κ2) is 7.72. The van der Waals surface area contributed by atoms with Crippen molar-refractivity contribution in [3.63, 3.8) is 0 Å². The number of halogens is 1. The molecule has 7 heteroatoms. The van der Waals surface area contributed by atoms with Crippen LogP contribution in [0, 0.1) is 5.82 Å². The Morgan fingerprint density at radius 3 is 2.42 bits per heavy atom. The zero-order chi connectivity index (χ0) is 19.5. The largest absolute Gasteiger partial charge is 0.472 e. The van der Waals surface area contributed by atoms with Gasteiger partial charge in [0.15, 0.2) is 9.84 Å². The molecule has 0 saturated heterocycles. The fourth-order valence-electron chi connectivity index (χ4n) is 2.37. The quantitative estimate of drug-likeness (QED) is 0.828. The lowest BCUT2D eigenvalue weighted by Gasteiger charge is -2.20. The van der Waals surface area contributed by atoms with Gasteiger partial charge in [0.1, 0.15) is 16.3 Å². The molecule has 142 valence electrons. The first-order valence-electron chi connectivity index (χ1n) is 8.32. The molecule has 1 N–H and O–H groups in total. The number of sulfone groups is 1. The first-order chi connectivity index (χ1) is 12.0. The zero-order valence-corrected chi connectivity index (χ0v) is 16.5. The third-order valence-corrected chi connectivity index (χ3v) is 4.81. The van der Waals surface area contributed by atoms with E-state index in [2.05, 4.69) is 10.3 Å². The predicted molar refractivity (Wildman–Crippen MR) is 99.4 cm³/mol. The summed E-state index contributed by atoms with van der Waals surface area (Å²) in [6.45, 7) is 8.30. The van der Waals surface area contributed by atoms with E-state index < -0.39 is 15.7 Å². The van der Waals surface area contributed by atoms with Crippen molar-refractivity contribution in [2.45, 2.75) is 50.8 Å². The van der Waals surface area contributed by atoms with E-state index in [-0.39, 0.29) is 16.5 Å². The lowest BCUT2D eigenvalue weighted by atomic mass is 10.1. The number of benzene rings is 1. The fraction of sp³-hybridized carbons (Fsp3) is 0.421. The summed E-state index contributed by atoms with van der Waals surface area (Å²) in [7, 11) is -3.56. The van der Waals surface area contributed by atoms with Gasteiger partial charge in [-0.05, 0) is 51.0 Å². The molecule has 0 fully saturated rings. The summed E-state index contributed by atoms with van der Waals surface area (Å²) < 4.78 is 42.7. The zero-order valence-electron chi connectivity index (χ0n) is 15.7. The van der Waals surface area contributed by atoms with Crippen LogP contribution >= 0.6 is 0 Å². The molecule has 1 aromatic carbocycles. The maximum Gasteiger partial charge on any atom is 0.213 e. The van der Waals surface area contributed by atoms with E-state index >= 15 is 0 Å². The number of hydrogen-bond donors (Lipinski definition) is 1. The minimum absolute atomic E-state index is 0.149. The van der Waals surface area contributed by atoms with Gasteiger partial charge in [0.05, 0.1) is 0 Å². The maximum absolute atomic E-state index is 14.0. The Morgan fingerprint density at radius 1 is 1.23 bits per heavy atom. The van der Waals surface area contributed by atoms with Gasteiger partial charge >= 0.3 is 0 Å². The van der Waals surface area contributed by atoms with E-state index in [1.807, 2.05) is 39.8 Å². The highest BCUT2D eigenvalue weighted by atomic mass is 32.2. The molecule has 0 saturated carbocycles. The van der Waals surface area contributed by atoms with Crippen LogP contribution in [0.2, 0.25) is 0 Å². The van der Waals surface area contributed by atoms with E-state index in [1.165, 1.54) is 12.1 Å². The van der Waals surface area contributed by atoms with Crippen LogP contribution in [0.15, 0.2) is 41.4 Å². The van der Waals surface area contributed by atoms with Gasteiger partial charge in [-0.25, -0.2) is 17.8 Å². The topological polar surface area (TPSA) is 68.3 Å². The number of hydrogen-bond acceptors (Lipinski definition) is 5. The van der Waals surface area contributed by atoms with Crippen molar-refractivity contribution in [1.29, 1.82) is 0 Å². The number of nitrogens with zero attached hydrogens (tertiary/aromatic N) is 1. The molecular formula is C19H25FN2O3S. The highest BCUT2D eigenvalue weighted by Gasteiger charge is 2.16. The van der Waals surface area contributed by atoms with E-state index in [9.17, 15) is 12.8 Å². The van der Waals surface area contributed by atoms with Crippen LogP contribution < -0.4 is 10.1 Å². The van der Waals surface area contributed by atoms with Crippen molar-refractivity contribution in [2.75, 3.05) is 6.26 Å². The van der Waals surface area contributed by atoms with Crippen molar-refractivity contribution < 1.29 is 17.5 Å². The van der Waals surface area contributed by atoms with E-state index in [0.717, 1.165) is 11.8 Å². The third-order valence-electron chi connectivity index (χ3n) is 3.68. The molecule has 1 atom stereocenters. The summed E-state index contributed by atoms with van der Waals surface area (Å²) in [4.78, 5) is 3.99. The Morgan fingerprint density at radius 2 is 1.92 bits per heavy atom. The van der Waals surface area contributed by atoms with Crippen LogP contribution in [0.1, 0.15) is 44.9 Å². The Balaban J connectivity index is 2.00. The molecule has 0 spiro atoms. The van der Waals surface area contributed by atoms with Crippen molar-refractivity contribution in [1.82, 2.24) is 10.3 Å². The van der Waals surface area contributed by atoms with Gasteiger partial charge in [-0.3, -0.25) is 0 Å². The minimum atomic E-state index is -3.56. The summed E-state index contributed by atoms with van der Waals surface area (Å²) in [5.74, 6) is -0.170. The molecule has 1 aromatic heterocycles. The number of rotatable bonds is 6. The number of pyridine rings is 1. The van der Waals surface area contributed by atoms with Gasteiger partial charge in [0.2, 0.25) is 5.88 Å². The van der Waals surface area contributed by atoms with Crippen molar-refractivity contribution in [2.24, 2.45) is 0 Å². The summed E-state index contributed by atoms with van der Waals surface area (Å²) in [5.41, 5.74) is 1.34. The Bertz CT molecular complexity index is 859. The van der Waals surface area contributed by atoms with Crippen LogP contribution in [0.4, 0.5) is 4.39 Å². The maximum atomic E-state index is 14.0. The monoisotopic (exact) mass is 380 g/mol. The fourth-order valence-corrected chi connectivity index (χ4v) is 3.09. The molecule has 0 bridgehead atoms. The highest BCUT2D eigenvalue weighted by Crippen LogP contribution is 2.21. The summed E-state index contributed by atoms with van der Waals surface area (Å²) in [6, 6.07) is 7.76. The molecule has 1 unspecified atom stereocenters. The smallest absolute Gasteiger partial charge is 0.213 e. The van der Waals surface area contributed by atoms with Gasteiger partial charge in [0.25, 0.3) is 0 Å². The average Bonchev–Trinajstić information content (AvgIpc) is 2.51. The highest BCUT2D eigenvalue weighted by molar-refractivity contribution is 7.90.